The van der Waals surface area contributed by atoms with Crippen molar-refractivity contribution in [3.63, 3.8) is 0 Å². The molecule has 0 saturated heterocycles. The molecule has 2 nitrogen and oxygen atoms in total. The molecule has 2 fully saturated rings. The molecule has 0 amide bonds. The maximum Gasteiger partial charge on any atom is 0.387 e. The maximum absolute atomic E-state index is 12.1. The van der Waals surface area contributed by atoms with Gasteiger partial charge < -0.3 is 10.1 Å². The Kier molecular flexibility index (Phi) is 3.10. The van der Waals surface area contributed by atoms with E-state index in [2.05, 4.69) is 10.1 Å². The maximum atomic E-state index is 12.1. The topological polar surface area (TPSA) is 21.3 Å². The van der Waals surface area contributed by atoms with Gasteiger partial charge >= 0.3 is 6.61 Å². The van der Waals surface area contributed by atoms with Gasteiger partial charge in [-0.3, -0.25) is 0 Å². The first kappa shape index (κ1) is 11.8. The summed E-state index contributed by atoms with van der Waals surface area (Å²) in [5.41, 5.74) is 0.880. The minimum atomic E-state index is -2.76. The van der Waals surface area contributed by atoms with E-state index in [9.17, 15) is 8.78 Å². The molecule has 4 heteroatoms. The fourth-order valence-electron chi connectivity index (χ4n) is 3.40. The smallest absolute Gasteiger partial charge is 0.387 e. The predicted molar refractivity (Wildman–Crippen MR) is 65.9 cm³/mol. The molecule has 1 aromatic rings. The van der Waals surface area contributed by atoms with Gasteiger partial charge in [-0.15, -0.1) is 0 Å². The highest BCUT2D eigenvalue weighted by atomic mass is 19.3. The van der Waals surface area contributed by atoms with Crippen molar-refractivity contribution in [2.75, 3.05) is 5.32 Å². The van der Waals surface area contributed by atoms with Gasteiger partial charge in [0.1, 0.15) is 5.75 Å². The van der Waals surface area contributed by atoms with Crippen LogP contribution in [0.15, 0.2) is 24.3 Å². The SMILES string of the molecule is FC(F)Oc1cccc(NC2CC3CCC2C3)c1. The third-order valence-electron chi connectivity index (χ3n) is 4.15. The van der Waals surface area contributed by atoms with Crippen molar-refractivity contribution in [1.82, 2.24) is 0 Å². The lowest BCUT2D eigenvalue weighted by Gasteiger charge is -2.24. The zero-order valence-corrected chi connectivity index (χ0v) is 10.1. The van der Waals surface area contributed by atoms with Gasteiger partial charge in [0.05, 0.1) is 0 Å². The Morgan fingerprint density at radius 1 is 1.22 bits per heavy atom. The van der Waals surface area contributed by atoms with Crippen LogP contribution >= 0.6 is 0 Å². The summed E-state index contributed by atoms with van der Waals surface area (Å²) in [6.07, 6.45) is 5.20. The molecule has 0 aliphatic heterocycles. The summed E-state index contributed by atoms with van der Waals surface area (Å²) in [6, 6.07) is 7.36. The number of nitrogens with one attached hydrogen (secondary N) is 1. The third-order valence-corrected chi connectivity index (χ3v) is 4.15. The van der Waals surface area contributed by atoms with Crippen LogP contribution in [0.25, 0.3) is 0 Å². The van der Waals surface area contributed by atoms with Crippen LogP contribution in [-0.4, -0.2) is 12.7 Å². The van der Waals surface area contributed by atoms with Gasteiger partial charge in [-0.25, -0.2) is 0 Å². The standard InChI is InChI=1S/C14H17F2NO/c15-14(16)18-12-3-1-2-11(8-12)17-13-7-9-4-5-10(13)6-9/h1-3,8-10,13-14,17H,4-7H2. The van der Waals surface area contributed by atoms with Crippen molar-refractivity contribution in [3.05, 3.63) is 24.3 Å². The quantitative estimate of drug-likeness (QED) is 0.879. The minimum Gasteiger partial charge on any atom is -0.435 e. The average molecular weight is 253 g/mol. The zero-order chi connectivity index (χ0) is 12.5. The number of fused-ring (bicyclic) bond motifs is 2. The first-order valence-electron chi connectivity index (χ1n) is 6.52. The van der Waals surface area contributed by atoms with Crippen molar-refractivity contribution in [2.24, 2.45) is 11.8 Å². The number of hydrogen-bond donors (Lipinski definition) is 1. The first-order chi connectivity index (χ1) is 8.70. The van der Waals surface area contributed by atoms with Crippen LogP contribution < -0.4 is 10.1 Å². The van der Waals surface area contributed by atoms with Gasteiger partial charge in [0.15, 0.2) is 0 Å². The lowest BCUT2D eigenvalue weighted by molar-refractivity contribution is -0.0498. The van der Waals surface area contributed by atoms with Crippen LogP contribution in [0, 0.1) is 11.8 Å². The number of alkyl halides is 2. The van der Waals surface area contributed by atoms with Gasteiger partial charge in [0.2, 0.25) is 0 Å². The summed E-state index contributed by atoms with van der Waals surface area (Å²) in [5.74, 6) is 1.85. The van der Waals surface area contributed by atoms with Gasteiger partial charge in [-0.2, -0.15) is 8.78 Å². The second kappa shape index (κ2) is 4.75. The summed E-state index contributed by atoms with van der Waals surface area (Å²) < 4.78 is 28.7. The lowest BCUT2D eigenvalue weighted by atomic mass is 9.95. The number of anilines is 1. The summed E-state index contributed by atoms with van der Waals surface area (Å²) in [7, 11) is 0. The van der Waals surface area contributed by atoms with Crippen LogP contribution in [0.4, 0.5) is 14.5 Å². The van der Waals surface area contributed by atoms with Crippen molar-refractivity contribution >= 4 is 5.69 Å². The molecule has 1 N–H and O–H groups in total. The molecular weight excluding hydrogens is 236 g/mol. The molecule has 18 heavy (non-hydrogen) atoms. The summed E-state index contributed by atoms with van der Waals surface area (Å²) in [4.78, 5) is 0. The number of rotatable bonds is 4. The molecule has 2 saturated carbocycles. The van der Waals surface area contributed by atoms with E-state index in [0.29, 0.717) is 6.04 Å². The Morgan fingerprint density at radius 2 is 2.11 bits per heavy atom. The lowest BCUT2D eigenvalue weighted by Crippen LogP contribution is -2.25. The molecule has 0 spiro atoms. The van der Waals surface area contributed by atoms with Crippen LogP contribution in [0.5, 0.6) is 5.75 Å². The highest BCUT2D eigenvalue weighted by Gasteiger charge is 2.39. The van der Waals surface area contributed by atoms with Crippen molar-refractivity contribution in [2.45, 2.75) is 38.3 Å². The van der Waals surface area contributed by atoms with Crippen LogP contribution in [0.2, 0.25) is 0 Å². The van der Waals surface area contributed by atoms with Gasteiger partial charge in [-0.1, -0.05) is 12.5 Å². The van der Waals surface area contributed by atoms with E-state index in [1.54, 1.807) is 18.2 Å². The number of halogens is 2. The number of ether oxygens (including phenoxy) is 1. The monoisotopic (exact) mass is 253 g/mol. The Labute approximate surface area is 105 Å². The van der Waals surface area contributed by atoms with Crippen molar-refractivity contribution in [1.29, 1.82) is 0 Å². The zero-order valence-electron chi connectivity index (χ0n) is 10.1. The number of hydrogen-bond acceptors (Lipinski definition) is 2. The van der Waals surface area contributed by atoms with Crippen LogP contribution in [0.1, 0.15) is 25.7 Å². The molecular formula is C14H17F2NO. The fourth-order valence-corrected chi connectivity index (χ4v) is 3.40. The minimum absolute atomic E-state index is 0.221. The van der Waals surface area contributed by atoms with E-state index in [1.807, 2.05) is 6.07 Å². The first-order valence-corrected chi connectivity index (χ1v) is 6.52. The van der Waals surface area contributed by atoms with E-state index in [0.717, 1.165) is 17.5 Å². The van der Waals surface area contributed by atoms with Gasteiger partial charge in [0, 0.05) is 17.8 Å². The second-order valence-corrected chi connectivity index (χ2v) is 5.33. The highest BCUT2D eigenvalue weighted by molar-refractivity contribution is 5.49. The van der Waals surface area contributed by atoms with Crippen LogP contribution in [-0.2, 0) is 0 Å². The van der Waals surface area contributed by atoms with Gasteiger partial charge in [0.25, 0.3) is 0 Å². The van der Waals surface area contributed by atoms with E-state index >= 15 is 0 Å². The van der Waals surface area contributed by atoms with E-state index in [-0.39, 0.29) is 5.75 Å². The molecule has 2 aliphatic rings. The Balaban J connectivity index is 1.65. The third kappa shape index (κ3) is 2.42. The van der Waals surface area contributed by atoms with E-state index in [1.165, 1.54) is 25.7 Å². The summed E-state index contributed by atoms with van der Waals surface area (Å²) >= 11 is 0. The van der Waals surface area contributed by atoms with Crippen LogP contribution in [0.3, 0.4) is 0 Å². The molecule has 0 aromatic heterocycles. The molecule has 98 valence electrons. The van der Waals surface area contributed by atoms with Crippen molar-refractivity contribution in [3.8, 4) is 5.75 Å². The molecule has 0 radical (unpaired) electrons. The Bertz CT molecular complexity index is 424. The van der Waals surface area contributed by atoms with E-state index in [4.69, 9.17) is 0 Å². The average Bonchev–Trinajstić information content (AvgIpc) is 2.90. The molecule has 3 atom stereocenters. The summed E-state index contributed by atoms with van der Waals surface area (Å²) in [6.45, 7) is -2.76. The summed E-state index contributed by atoms with van der Waals surface area (Å²) in [5, 5.41) is 3.46. The second-order valence-electron chi connectivity index (χ2n) is 5.33. The van der Waals surface area contributed by atoms with Gasteiger partial charge in [-0.05, 0) is 43.2 Å². The Hall–Kier alpha value is -1.32. The Morgan fingerprint density at radius 3 is 2.78 bits per heavy atom. The molecule has 1 aromatic carbocycles. The predicted octanol–water partition coefficient (Wildman–Crippen LogP) is 3.89. The highest BCUT2D eigenvalue weighted by Crippen LogP contribution is 2.45. The molecule has 3 unspecified atom stereocenters. The fraction of sp³-hybridized carbons (Fsp3) is 0.571. The van der Waals surface area contributed by atoms with E-state index < -0.39 is 6.61 Å². The molecule has 2 bridgehead atoms. The molecule has 3 rings (SSSR count). The molecule has 2 aliphatic carbocycles. The number of benzene rings is 1. The molecule has 0 heterocycles. The van der Waals surface area contributed by atoms with Crippen molar-refractivity contribution < 1.29 is 13.5 Å². The normalized spacial score (nSPS) is 29.8. The largest absolute Gasteiger partial charge is 0.435 e.